The summed E-state index contributed by atoms with van der Waals surface area (Å²) >= 11 is 0. The quantitative estimate of drug-likeness (QED) is 0.194. The molecule has 2 rings (SSSR count). The summed E-state index contributed by atoms with van der Waals surface area (Å²) < 4.78 is 7.85. The van der Waals surface area contributed by atoms with E-state index in [1.54, 1.807) is 6.07 Å². The van der Waals surface area contributed by atoms with E-state index in [9.17, 15) is 4.79 Å². The van der Waals surface area contributed by atoms with Crippen molar-refractivity contribution in [2.45, 2.75) is 117 Å². The van der Waals surface area contributed by atoms with Gasteiger partial charge in [0.2, 0.25) is 5.43 Å². The Morgan fingerprint density at radius 2 is 1.32 bits per heavy atom. The van der Waals surface area contributed by atoms with E-state index >= 15 is 0 Å². The molecular weight excluding hydrogens is 418 g/mol. The Bertz CT molecular complexity index is 853. The molecule has 0 N–H and O–H groups in total. The second-order valence-corrected chi connectivity index (χ2v) is 9.55. The summed E-state index contributed by atoms with van der Waals surface area (Å²) in [6, 6.07) is 11.5. The lowest BCUT2D eigenvalue weighted by Crippen LogP contribution is -2.12. The maximum absolute atomic E-state index is 12.3. The monoisotopic (exact) mass is 465 g/mol. The largest absolute Gasteiger partial charge is 0.483 e. The molecule has 0 amide bonds. The summed E-state index contributed by atoms with van der Waals surface area (Å²) in [7, 11) is 0. The second kappa shape index (κ2) is 18.1. The first-order valence-corrected chi connectivity index (χ1v) is 13.8. The molecule has 1 heterocycles. The van der Waals surface area contributed by atoms with Gasteiger partial charge < -0.3 is 9.30 Å². The van der Waals surface area contributed by atoms with Crippen molar-refractivity contribution in [2.24, 2.45) is 0 Å². The fourth-order valence-corrected chi connectivity index (χ4v) is 4.34. The van der Waals surface area contributed by atoms with E-state index < -0.39 is 0 Å². The van der Waals surface area contributed by atoms with Gasteiger partial charge in [-0.1, -0.05) is 127 Å². The van der Waals surface area contributed by atoms with Crippen molar-refractivity contribution in [3.8, 4) is 5.75 Å². The maximum atomic E-state index is 12.3. The lowest BCUT2D eigenvalue weighted by atomic mass is 10.0. The predicted molar refractivity (Wildman–Crippen MR) is 146 cm³/mol. The summed E-state index contributed by atoms with van der Waals surface area (Å²) in [4.78, 5) is 12.3. The Balaban J connectivity index is 1.55. The molecule has 2 aromatic rings. The Morgan fingerprint density at radius 3 is 1.91 bits per heavy atom. The molecule has 0 bridgehead atoms. The molecular formula is C31H47NO2. The van der Waals surface area contributed by atoms with Crippen LogP contribution < -0.4 is 10.2 Å². The molecule has 0 aliphatic rings. The average Bonchev–Trinajstić information content (AvgIpc) is 2.85. The molecule has 0 aliphatic heterocycles. The van der Waals surface area contributed by atoms with Crippen LogP contribution in [0.2, 0.25) is 0 Å². The summed E-state index contributed by atoms with van der Waals surface area (Å²) in [5, 5.41) is 0. The van der Waals surface area contributed by atoms with Crippen molar-refractivity contribution in [1.82, 2.24) is 4.57 Å². The SMILES string of the molecule is CCCCCCCCCCCCCCCCC=Cn1ccc(=O)c(OCc2ccccc2)c1C. The van der Waals surface area contributed by atoms with E-state index in [4.69, 9.17) is 4.74 Å². The number of ether oxygens (including phenoxy) is 1. The van der Waals surface area contributed by atoms with E-state index in [1.165, 1.54) is 89.9 Å². The van der Waals surface area contributed by atoms with Crippen LogP contribution >= 0.6 is 0 Å². The van der Waals surface area contributed by atoms with Crippen LogP contribution in [-0.2, 0) is 6.61 Å². The summed E-state index contributed by atoms with van der Waals surface area (Å²) in [5.74, 6) is 0.437. The van der Waals surface area contributed by atoms with Crippen LogP contribution in [0.5, 0.6) is 5.75 Å². The van der Waals surface area contributed by atoms with Crippen molar-refractivity contribution in [2.75, 3.05) is 0 Å². The molecule has 1 aromatic carbocycles. The lowest BCUT2D eigenvalue weighted by Gasteiger charge is -2.12. The predicted octanol–water partition coefficient (Wildman–Crippen LogP) is 9.08. The third-order valence-corrected chi connectivity index (χ3v) is 6.54. The van der Waals surface area contributed by atoms with E-state index in [0.29, 0.717) is 12.4 Å². The fourth-order valence-electron chi connectivity index (χ4n) is 4.34. The molecule has 0 fully saturated rings. The molecule has 0 saturated carbocycles. The minimum atomic E-state index is -0.0648. The van der Waals surface area contributed by atoms with Crippen molar-refractivity contribution >= 4 is 6.20 Å². The number of hydrogen-bond donors (Lipinski definition) is 0. The fraction of sp³-hybridized carbons (Fsp3) is 0.581. The zero-order valence-corrected chi connectivity index (χ0v) is 21.8. The zero-order chi connectivity index (χ0) is 24.3. The van der Waals surface area contributed by atoms with Crippen LogP contribution in [0.1, 0.15) is 114 Å². The van der Waals surface area contributed by atoms with Crippen molar-refractivity contribution in [3.63, 3.8) is 0 Å². The zero-order valence-electron chi connectivity index (χ0n) is 21.8. The van der Waals surface area contributed by atoms with Gasteiger partial charge in [0.25, 0.3) is 0 Å². The Labute approximate surface area is 208 Å². The third kappa shape index (κ3) is 11.7. The highest BCUT2D eigenvalue weighted by Crippen LogP contribution is 2.16. The molecule has 0 aliphatic carbocycles. The van der Waals surface area contributed by atoms with Gasteiger partial charge in [-0.15, -0.1) is 0 Å². The van der Waals surface area contributed by atoms with Crippen molar-refractivity contribution < 1.29 is 4.74 Å². The number of pyridine rings is 1. The normalized spacial score (nSPS) is 11.4. The highest BCUT2D eigenvalue weighted by atomic mass is 16.5. The van der Waals surface area contributed by atoms with Gasteiger partial charge in [-0.05, 0) is 25.3 Å². The van der Waals surface area contributed by atoms with Gasteiger partial charge in [0.15, 0.2) is 5.75 Å². The first-order chi connectivity index (χ1) is 16.7. The molecule has 1 aromatic heterocycles. The molecule has 0 unspecified atom stereocenters. The molecule has 0 spiro atoms. The van der Waals surface area contributed by atoms with Crippen molar-refractivity contribution in [1.29, 1.82) is 0 Å². The van der Waals surface area contributed by atoms with E-state index in [2.05, 4.69) is 19.2 Å². The Hall–Kier alpha value is -2.29. The van der Waals surface area contributed by atoms with Crippen LogP contribution in [0.4, 0.5) is 0 Å². The highest BCUT2D eigenvalue weighted by Gasteiger charge is 2.07. The second-order valence-electron chi connectivity index (χ2n) is 9.55. The number of benzene rings is 1. The van der Waals surface area contributed by atoms with Gasteiger partial charge in [0.05, 0.1) is 5.69 Å². The summed E-state index contributed by atoms with van der Waals surface area (Å²) in [6.45, 7) is 4.63. The van der Waals surface area contributed by atoms with E-state index in [0.717, 1.165) is 17.7 Å². The number of hydrogen-bond acceptors (Lipinski definition) is 2. The molecule has 3 heteroatoms. The molecule has 0 atom stereocenters. The van der Waals surface area contributed by atoms with Gasteiger partial charge in [-0.3, -0.25) is 4.79 Å². The number of unbranched alkanes of at least 4 members (excludes halogenated alkanes) is 14. The van der Waals surface area contributed by atoms with E-state index in [1.807, 2.05) is 48.0 Å². The standard InChI is InChI=1S/C31H47NO2/c1-3-4-5-6-7-8-9-10-11-12-13-14-15-16-17-21-25-32-26-24-30(33)31(28(32)2)34-27-29-22-19-18-20-23-29/h18-26H,3-17,27H2,1-2H3. The smallest absolute Gasteiger partial charge is 0.223 e. The van der Waals surface area contributed by atoms with Crippen molar-refractivity contribution in [3.05, 3.63) is 70.2 Å². The minimum Gasteiger partial charge on any atom is -0.483 e. The molecule has 3 nitrogen and oxygen atoms in total. The number of rotatable bonds is 19. The van der Waals surface area contributed by atoms with Gasteiger partial charge in [0.1, 0.15) is 6.61 Å². The van der Waals surface area contributed by atoms with Crippen LogP contribution in [-0.4, -0.2) is 4.57 Å². The minimum absolute atomic E-state index is 0.0648. The topological polar surface area (TPSA) is 31.2 Å². The van der Waals surface area contributed by atoms with Crippen LogP contribution in [0, 0.1) is 6.92 Å². The van der Waals surface area contributed by atoms with Crippen LogP contribution in [0.25, 0.3) is 6.20 Å². The lowest BCUT2D eigenvalue weighted by molar-refractivity contribution is 0.299. The van der Waals surface area contributed by atoms with Gasteiger partial charge in [-0.2, -0.15) is 0 Å². The molecule has 34 heavy (non-hydrogen) atoms. The molecule has 188 valence electrons. The number of nitrogens with zero attached hydrogens (tertiary/aromatic N) is 1. The Morgan fingerprint density at radius 1 is 0.765 bits per heavy atom. The maximum Gasteiger partial charge on any atom is 0.223 e. The Kier molecular flexibility index (Phi) is 14.9. The van der Waals surface area contributed by atoms with Crippen LogP contribution in [0.3, 0.4) is 0 Å². The van der Waals surface area contributed by atoms with Gasteiger partial charge >= 0.3 is 0 Å². The average molecular weight is 466 g/mol. The van der Waals surface area contributed by atoms with Crippen LogP contribution in [0.15, 0.2) is 53.5 Å². The first-order valence-electron chi connectivity index (χ1n) is 13.8. The van der Waals surface area contributed by atoms with E-state index in [-0.39, 0.29) is 5.43 Å². The molecule has 0 saturated heterocycles. The first kappa shape index (κ1) is 28.0. The number of aromatic nitrogens is 1. The molecule has 0 radical (unpaired) electrons. The summed E-state index contributed by atoms with van der Waals surface area (Å²) in [5.41, 5.74) is 1.84. The third-order valence-electron chi connectivity index (χ3n) is 6.54. The van der Waals surface area contributed by atoms with Gasteiger partial charge in [0, 0.05) is 18.5 Å². The number of allylic oxidation sites excluding steroid dienone is 1. The van der Waals surface area contributed by atoms with Gasteiger partial charge in [-0.25, -0.2) is 0 Å². The highest BCUT2D eigenvalue weighted by molar-refractivity contribution is 5.35. The summed E-state index contributed by atoms with van der Waals surface area (Å²) in [6.07, 6.45) is 26.6.